The molecule has 4 fully saturated rings. The van der Waals surface area contributed by atoms with E-state index < -0.39 is 0 Å². The third-order valence-corrected chi connectivity index (χ3v) is 7.67. The third kappa shape index (κ3) is 1.66. The zero-order valence-corrected chi connectivity index (χ0v) is 14.1. The van der Waals surface area contributed by atoms with Crippen LogP contribution in [-0.4, -0.2) is 31.7 Å². The smallest absolute Gasteiger partial charge is 0.182 e. The van der Waals surface area contributed by atoms with Gasteiger partial charge >= 0.3 is 0 Å². The molecule has 3 aliphatic carbocycles. The van der Waals surface area contributed by atoms with Gasteiger partial charge in [-0.25, -0.2) is 0 Å². The molecule has 0 aromatic carbocycles. The van der Waals surface area contributed by atoms with Gasteiger partial charge in [0.25, 0.3) is 0 Å². The Balaban J connectivity index is 1.72. The molecule has 3 heteroatoms. The quantitative estimate of drug-likeness (QED) is 0.778. The second kappa shape index (κ2) is 4.24. The van der Waals surface area contributed by atoms with Gasteiger partial charge in [-0.2, -0.15) is 0 Å². The van der Waals surface area contributed by atoms with E-state index in [9.17, 15) is 0 Å². The predicted molar refractivity (Wildman–Crippen MR) is 80.9 cm³/mol. The minimum Gasteiger partial charge on any atom is -0.379 e. The molecule has 0 aromatic heterocycles. The molecule has 0 amide bonds. The topological polar surface area (TPSA) is 27.7 Å². The van der Waals surface area contributed by atoms with Crippen molar-refractivity contribution in [3.05, 3.63) is 0 Å². The highest BCUT2D eigenvalue weighted by Crippen LogP contribution is 2.74. The maximum atomic E-state index is 6.37. The number of methoxy groups -OCH3 is 1. The molecule has 0 aromatic rings. The van der Waals surface area contributed by atoms with Gasteiger partial charge in [-0.3, -0.25) is 0 Å². The summed E-state index contributed by atoms with van der Waals surface area (Å²) in [5.74, 6) is 2.31. The van der Waals surface area contributed by atoms with Crippen LogP contribution in [0.4, 0.5) is 0 Å². The van der Waals surface area contributed by atoms with Gasteiger partial charge in [0.05, 0.1) is 18.3 Å². The Kier molecular flexibility index (Phi) is 2.92. The Bertz CT molecular complexity index is 448. The van der Waals surface area contributed by atoms with Gasteiger partial charge in [0.1, 0.15) is 0 Å². The highest BCUT2D eigenvalue weighted by molar-refractivity contribution is 5.20. The lowest BCUT2D eigenvalue weighted by atomic mass is 9.62. The van der Waals surface area contributed by atoms with Crippen molar-refractivity contribution in [3.8, 4) is 0 Å². The summed E-state index contributed by atoms with van der Waals surface area (Å²) in [5.41, 5.74) is 0.750. The van der Waals surface area contributed by atoms with Crippen LogP contribution in [0.25, 0.3) is 0 Å². The SMILES string of the molecule is COC[C@H]1O[C@@H]2[C@@H]3C[C@@]4(CC2(C)O1)[C@H](C)CC[C@H]4C3(C)C. The zero-order valence-electron chi connectivity index (χ0n) is 14.1. The monoisotopic (exact) mass is 294 g/mol. The van der Waals surface area contributed by atoms with E-state index in [0.717, 1.165) is 11.8 Å². The lowest BCUT2D eigenvalue weighted by molar-refractivity contribution is -0.129. The van der Waals surface area contributed by atoms with Crippen LogP contribution in [0.2, 0.25) is 0 Å². The molecule has 0 radical (unpaired) electrons. The number of rotatable bonds is 2. The zero-order chi connectivity index (χ0) is 15.0. The molecule has 0 N–H and O–H groups in total. The largest absolute Gasteiger partial charge is 0.379 e. The van der Waals surface area contributed by atoms with Crippen LogP contribution in [0.1, 0.15) is 53.4 Å². The summed E-state index contributed by atoms with van der Waals surface area (Å²) in [6, 6.07) is 0. The van der Waals surface area contributed by atoms with Crippen LogP contribution >= 0.6 is 0 Å². The minimum absolute atomic E-state index is 0.114. The molecule has 2 bridgehead atoms. The Labute approximate surface area is 128 Å². The first-order valence-corrected chi connectivity index (χ1v) is 8.66. The molecule has 1 saturated heterocycles. The Morgan fingerprint density at radius 3 is 2.67 bits per heavy atom. The first-order valence-electron chi connectivity index (χ1n) is 8.66. The fourth-order valence-corrected chi connectivity index (χ4v) is 6.82. The minimum atomic E-state index is -0.174. The highest BCUT2D eigenvalue weighted by atomic mass is 16.8. The summed E-state index contributed by atoms with van der Waals surface area (Å²) < 4.78 is 18.0. The molecule has 7 atom stereocenters. The van der Waals surface area contributed by atoms with Gasteiger partial charge in [0.15, 0.2) is 6.29 Å². The van der Waals surface area contributed by atoms with Crippen molar-refractivity contribution in [2.75, 3.05) is 13.7 Å². The summed E-state index contributed by atoms with van der Waals surface area (Å²) in [5, 5.41) is 0. The fraction of sp³-hybridized carbons (Fsp3) is 1.00. The second-order valence-electron chi connectivity index (χ2n) is 8.95. The molecule has 4 rings (SSSR count). The summed E-state index contributed by atoms with van der Waals surface area (Å²) >= 11 is 0. The van der Waals surface area contributed by atoms with E-state index in [1.807, 2.05) is 0 Å². The first kappa shape index (κ1) is 14.5. The maximum absolute atomic E-state index is 6.37. The van der Waals surface area contributed by atoms with Crippen molar-refractivity contribution < 1.29 is 14.2 Å². The summed E-state index contributed by atoms with van der Waals surface area (Å²) in [6.07, 6.45) is 5.38. The lowest BCUT2D eigenvalue weighted by Crippen LogP contribution is -2.50. The van der Waals surface area contributed by atoms with Crippen LogP contribution in [-0.2, 0) is 14.2 Å². The molecule has 3 nitrogen and oxygen atoms in total. The van der Waals surface area contributed by atoms with Crippen LogP contribution in [0.3, 0.4) is 0 Å². The van der Waals surface area contributed by atoms with Gasteiger partial charge < -0.3 is 14.2 Å². The molecule has 4 aliphatic rings. The van der Waals surface area contributed by atoms with E-state index in [0.29, 0.717) is 23.4 Å². The molecule has 21 heavy (non-hydrogen) atoms. The average molecular weight is 294 g/mol. The molecule has 1 aliphatic heterocycles. The summed E-state index contributed by atoms with van der Waals surface area (Å²) in [4.78, 5) is 0. The van der Waals surface area contributed by atoms with Crippen molar-refractivity contribution in [2.24, 2.45) is 28.6 Å². The highest BCUT2D eigenvalue weighted by Gasteiger charge is 2.72. The van der Waals surface area contributed by atoms with Crippen molar-refractivity contribution >= 4 is 0 Å². The average Bonchev–Trinajstić information content (AvgIpc) is 2.93. The maximum Gasteiger partial charge on any atom is 0.182 e. The lowest BCUT2D eigenvalue weighted by Gasteiger charge is -2.46. The first-order chi connectivity index (χ1) is 9.83. The van der Waals surface area contributed by atoms with E-state index in [1.54, 1.807) is 7.11 Å². The second-order valence-corrected chi connectivity index (χ2v) is 8.95. The summed E-state index contributed by atoms with van der Waals surface area (Å²) in [7, 11) is 1.72. The van der Waals surface area contributed by atoms with E-state index in [-0.39, 0.29) is 18.0 Å². The van der Waals surface area contributed by atoms with Crippen molar-refractivity contribution in [1.29, 1.82) is 0 Å². The normalized spacial score (nSPS) is 57.3. The molecule has 1 spiro atoms. The summed E-state index contributed by atoms with van der Waals surface area (Å²) in [6.45, 7) is 10.3. The van der Waals surface area contributed by atoms with E-state index in [4.69, 9.17) is 14.2 Å². The van der Waals surface area contributed by atoms with E-state index in [2.05, 4.69) is 27.7 Å². The van der Waals surface area contributed by atoms with Crippen LogP contribution in [0.15, 0.2) is 0 Å². The van der Waals surface area contributed by atoms with Crippen LogP contribution in [0.5, 0.6) is 0 Å². The number of hydrogen-bond donors (Lipinski definition) is 0. The molecular formula is C18H30O3. The molecule has 120 valence electrons. The van der Waals surface area contributed by atoms with Crippen LogP contribution in [0, 0.1) is 28.6 Å². The van der Waals surface area contributed by atoms with Gasteiger partial charge in [-0.15, -0.1) is 0 Å². The van der Waals surface area contributed by atoms with Gasteiger partial charge in [-0.1, -0.05) is 20.8 Å². The van der Waals surface area contributed by atoms with Gasteiger partial charge in [-0.05, 0) is 61.2 Å². The van der Waals surface area contributed by atoms with E-state index in [1.165, 1.54) is 25.7 Å². The standard InChI is InChI=1S/C18H30O3/c1-11-6-7-13-16(2,3)12-8-18(11,13)10-17(4)15(12)20-14(21-17)9-19-5/h11-15H,6-10H2,1-5H3/t11-,12+,13+,14+,15-,17?,18-/m1/s1. The Morgan fingerprint density at radius 2 is 1.95 bits per heavy atom. The van der Waals surface area contributed by atoms with Gasteiger partial charge in [0, 0.05) is 7.11 Å². The van der Waals surface area contributed by atoms with Crippen molar-refractivity contribution in [3.63, 3.8) is 0 Å². The third-order valence-electron chi connectivity index (χ3n) is 7.67. The molecule has 1 heterocycles. The molecular weight excluding hydrogens is 264 g/mol. The number of ether oxygens (including phenoxy) is 3. The fourth-order valence-electron chi connectivity index (χ4n) is 6.82. The number of hydrogen-bond acceptors (Lipinski definition) is 3. The van der Waals surface area contributed by atoms with Crippen molar-refractivity contribution in [2.45, 2.75) is 71.4 Å². The molecule has 3 saturated carbocycles. The van der Waals surface area contributed by atoms with Crippen molar-refractivity contribution in [1.82, 2.24) is 0 Å². The Hall–Kier alpha value is -0.120. The Morgan fingerprint density at radius 1 is 1.19 bits per heavy atom. The molecule has 1 unspecified atom stereocenters. The number of fused-ring (bicyclic) bond motifs is 3. The van der Waals surface area contributed by atoms with E-state index >= 15 is 0 Å². The predicted octanol–water partition coefficient (Wildman–Crippen LogP) is 3.62. The van der Waals surface area contributed by atoms with Crippen LogP contribution < -0.4 is 0 Å². The van der Waals surface area contributed by atoms with Gasteiger partial charge in [0.2, 0.25) is 0 Å².